The standard InChI is InChI=1S/C16H22N2O2/c1-4-15(19)17-7-9-18(10-8-17)16(20)14-11-12(2)5-6-13(14)3/h5-6,11H,4,7-10H2,1-3H3. The van der Waals surface area contributed by atoms with Crippen molar-refractivity contribution in [1.29, 1.82) is 0 Å². The maximum Gasteiger partial charge on any atom is 0.254 e. The molecule has 0 radical (unpaired) electrons. The summed E-state index contributed by atoms with van der Waals surface area (Å²) in [6, 6.07) is 5.95. The van der Waals surface area contributed by atoms with Gasteiger partial charge in [0.25, 0.3) is 5.91 Å². The number of hydrogen-bond acceptors (Lipinski definition) is 2. The van der Waals surface area contributed by atoms with Gasteiger partial charge in [-0.25, -0.2) is 0 Å². The Labute approximate surface area is 120 Å². The third kappa shape index (κ3) is 3.00. The molecule has 1 aromatic carbocycles. The van der Waals surface area contributed by atoms with E-state index in [0.717, 1.165) is 16.7 Å². The van der Waals surface area contributed by atoms with E-state index in [2.05, 4.69) is 0 Å². The van der Waals surface area contributed by atoms with E-state index in [9.17, 15) is 9.59 Å². The molecule has 0 bridgehead atoms. The largest absolute Gasteiger partial charge is 0.339 e. The molecule has 0 aliphatic carbocycles. The topological polar surface area (TPSA) is 40.6 Å². The average molecular weight is 274 g/mol. The zero-order chi connectivity index (χ0) is 14.7. The molecule has 1 saturated heterocycles. The number of benzene rings is 1. The van der Waals surface area contributed by atoms with Gasteiger partial charge in [-0.2, -0.15) is 0 Å². The summed E-state index contributed by atoms with van der Waals surface area (Å²) in [5.41, 5.74) is 2.88. The van der Waals surface area contributed by atoms with Crippen molar-refractivity contribution in [2.45, 2.75) is 27.2 Å². The fraction of sp³-hybridized carbons (Fsp3) is 0.500. The molecule has 1 aliphatic rings. The number of hydrogen-bond donors (Lipinski definition) is 0. The van der Waals surface area contributed by atoms with Gasteiger partial charge >= 0.3 is 0 Å². The van der Waals surface area contributed by atoms with E-state index in [1.807, 2.05) is 48.8 Å². The predicted octanol–water partition coefficient (Wildman–Crippen LogP) is 2.00. The second-order valence-electron chi connectivity index (χ2n) is 5.34. The van der Waals surface area contributed by atoms with Crippen LogP contribution in [0.25, 0.3) is 0 Å². The molecule has 0 atom stereocenters. The van der Waals surface area contributed by atoms with Crippen molar-refractivity contribution in [2.24, 2.45) is 0 Å². The molecule has 0 N–H and O–H groups in total. The van der Waals surface area contributed by atoms with Gasteiger partial charge in [0.1, 0.15) is 0 Å². The van der Waals surface area contributed by atoms with Crippen LogP contribution >= 0.6 is 0 Å². The Bertz CT molecular complexity index is 517. The number of nitrogens with zero attached hydrogens (tertiary/aromatic N) is 2. The van der Waals surface area contributed by atoms with Crippen LogP contribution in [0, 0.1) is 13.8 Å². The first-order chi connectivity index (χ1) is 9.52. The zero-order valence-corrected chi connectivity index (χ0v) is 12.5. The van der Waals surface area contributed by atoms with Crippen molar-refractivity contribution in [1.82, 2.24) is 9.80 Å². The SMILES string of the molecule is CCC(=O)N1CCN(C(=O)c2cc(C)ccc2C)CC1. The Morgan fingerprint density at radius 1 is 1.05 bits per heavy atom. The van der Waals surface area contributed by atoms with Crippen LogP contribution in [0.3, 0.4) is 0 Å². The number of piperazine rings is 1. The molecule has 1 fully saturated rings. The number of carbonyl (C=O) groups excluding carboxylic acids is 2. The van der Waals surface area contributed by atoms with Crippen molar-refractivity contribution >= 4 is 11.8 Å². The second kappa shape index (κ2) is 6.07. The molecule has 0 aromatic heterocycles. The highest BCUT2D eigenvalue weighted by Crippen LogP contribution is 2.15. The summed E-state index contributed by atoms with van der Waals surface area (Å²) in [5, 5.41) is 0. The van der Waals surface area contributed by atoms with Gasteiger partial charge < -0.3 is 9.80 Å². The molecule has 108 valence electrons. The van der Waals surface area contributed by atoms with Gasteiger partial charge in [0, 0.05) is 38.2 Å². The van der Waals surface area contributed by atoms with Gasteiger partial charge in [-0.15, -0.1) is 0 Å². The van der Waals surface area contributed by atoms with Gasteiger partial charge in [-0.3, -0.25) is 9.59 Å². The highest BCUT2D eigenvalue weighted by molar-refractivity contribution is 5.96. The minimum atomic E-state index is 0.0785. The molecule has 0 unspecified atom stereocenters. The number of rotatable bonds is 2. The van der Waals surface area contributed by atoms with Crippen LogP contribution in [0.5, 0.6) is 0 Å². The molecule has 1 aliphatic heterocycles. The van der Waals surface area contributed by atoms with Crippen LogP contribution in [-0.2, 0) is 4.79 Å². The van der Waals surface area contributed by atoms with Gasteiger partial charge in [-0.1, -0.05) is 24.6 Å². The zero-order valence-electron chi connectivity index (χ0n) is 12.5. The number of carbonyl (C=O) groups is 2. The molecule has 2 rings (SSSR count). The molecule has 2 amide bonds. The highest BCUT2D eigenvalue weighted by atomic mass is 16.2. The van der Waals surface area contributed by atoms with Crippen LogP contribution in [0.4, 0.5) is 0 Å². The van der Waals surface area contributed by atoms with Crippen molar-refractivity contribution in [3.63, 3.8) is 0 Å². The number of aryl methyl sites for hydroxylation is 2. The summed E-state index contributed by atoms with van der Waals surface area (Å²) in [7, 11) is 0. The third-order valence-electron chi connectivity index (χ3n) is 3.85. The first-order valence-corrected chi connectivity index (χ1v) is 7.17. The van der Waals surface area contributed by atoms with E-state index in [-0.39, 0.29) is 11.8 Å². The average Bonchev–Trinajstić information content (AvgIpc) is 2.48. The Morgan fingerprint density at radius 2 is 1.65 bits per heavy atom. The summed E-state index contributed by atoms with van der Waals surface area (Å²) in [6.07, 6.45) is 0.533. The first kappa shape index (κ1) is 14.6. The Morgan fingerprint density at radius 3 is 2.25 bits per heavy atom. The van der Waals surface area contributed by atoms with Crippen LogP contribution in [0.15, 0.2) is 18.2 Å². The quantitative estimate of drug-likeness (QED) is 0.827. The van der Waals surface area contributed by atoms with E-state index in [1.54, 1.807) is 0 Å². The lowest BCUT2D eigenvalue weighted by Gasteiger charge is -2.35. The van der Waals surface area contributed by atoms with Crippen LogP contribution in [-0.4, -0.2) is 47.8 Å². The number of amides is 2. The summed E-state index contributed by atoms with van der Waals surface area (Å²) in [6.45, 7) is 8.36. The summed E-state index contributed by atoms with van der Waals surface area (Å²) < 4.78 is 0. The van der Waals surface area contributed by atoms with Gasteiger partial charge in [-0.05, 0) is 25.5 Å². The summed E-state index contributed by atoms with van der Waals surface area (Å²) in [5.74, 6) is 0.249. The molecule has 0 saturated carbocycles. The van der Waals surface area contributed by atoms with Gasteiger partial charge in [0.15, 0.2) is 0 Å². The molecule has 1 heterocycles. The van der Waals surface area contributed by atoms with E-state index in [1.165, 1.54) is 0 Å². The van der Waals surface area contributed by atoms with Crippen LogP contribution in [0.1, 0.15) is 34.8 Å². The fourth-order valence-electron chi connectivity index (χ4n) is 2.52. The maximum atomic E-state index is 12.5. The van der Waals surface area contributed by atoms with E-state index in [4.69, 9.17) is 0 Å². The fourth-order valence-corrected chi connectivity index (χ4v) is 2.52. The predicted molar refractivity (Wildman–Crippen MR) is 78.7 cm³/mol. The van der Waals surface area contributed by atoms with Crippen molar-refractivity contribution in [2.75, 3.05) is 26.2 Å². The van der Waals surface area contributed by atoms with Crippen LogP contribution < -0.4 is 0 Å². The minimum Gasteiger partial charge on any atom is -0.339 e. The summed E-state index contributed by atoms with van der Waals surface area (Å²) in [4.78, 5) is 27.9. The Kier molecular flexibility index (Phi) is 4.42. The molecule has 0 spiro atoms. The molecule has 1 aromatic rings. The van der Waals surface area contributed by atoms with E-state index < -0.39 is 0 Å². The minimum absolute atomic E-state index is 0.0785. The van der Waals surface area contributed by atoms with Gasteiger partial charge in [0.2, 0.25) is 5.91 Å². The lowest BCUT2D eigenvalue weighted by Crippen LogP contribution is -2.50. The van der Waals surface area contributed by atoms with E-state index >= 15 is 0 Å². The Hall–Kier alpha value is -1.84. The summed E-state index contributed by atoms with van der Waals surface area (Å²) >= 11 is 0. The lowest BCUT2D eigenvalue weighted by molar-refractivity contribution is -0.132. The Balaban J connectivity index is 2.05. The monoisotopic (exact) mass is 274 g/mol. The molecule has 4 nitrogen and oxygen atoms in total. The van der Waals surface area contributed by atoms with Crippen LogP contribution in [0.2, 0.25) is 0 Å². The van der Waals surface area contributed by atoms with Crippen molar-refractivity contribution in [3.8, 4) is 0 Å². The molecular formula is C16H22N2O2. The van der Waals surface area contributed by atoms with Gasteiger partial charge in [0.05, 0.1) is 0 Å². The first-order valence-electron chi connectivity index (χ1n) is 7.17. The smallest absolute Gasteiger partial charge is 0.254 e. The molecule has 4 heteroatoms. The second-order valence-corrected chi connectivity index (χ2v) is 5.34. The lowest BCUT2D eigenvalue weighted by atomic mass is 10.0. The normalized spacial score (nSPS) is 15.3. The van der Waals surface area contributed by atoms with Crippen molar-refractivity contribution in [3.05, 3.63) is 34.9 Å². The molecule has 20 heavy (non-hydrogen) atoms. The maximum absolute atomic E-state index is 12.5. The third-order valence-corrected chi connectivity index (χ3v) is 3.85. The molecular weight excluding hydrogens is 252 g/mol. The van der Waals surface area contributed by atoms with E-state index in [0.29, 0.717) is 32.6 Å². The van der Waals surface area contributed by atoms with Crippen molar-refractivity contribution < 1.29 is 9.59 Å². The highest BCUT2D eigenvalue weighted by Gasteiger charge is 2.24.